The van der Waals surface area contributed by atoms with Gasteiger partial charge in [0.05, 0.1) is 18.1 Å². The lowest BCUT2D eigenvalue weighted by molar-refractivity contribution is 0.149. The molecule has 0 spiro atoms. The number of hydrogen-bond acceptors (Lipinski definition) is 2. The highest BCUT2D eigenvalue weighted by molar-refractivity contribution is 14.1. The Morgan fingerprint density at radius 1 is 1.50 bits per heavy atom. The van der Waals surface area contributed by atoms with E-state index in [1.807, 2.05) is 28.7 Å². The molecule has 0 aliphatic heterocycles. The van der Waals surface area contributed by atoms with E-state index in [-0.39, 0.29) is 15.7 Å². The molecule has 0 atom stereocenters. The van der Waals surface area contributed by atoms with Gasteiger partial charge in [-0.1, -0.05) is 0 Å². The van der Waals surface area contributed by atoms with Crippen molar-refractivity contribution in [2.45, 2.75) is 12.8 Å². The number of pyridine rings is 1. The molecule has 0 unspecified atom stereocenters. The number of halogens is 4. The molecule has 0 aromatic carbocycles. The first-order valence-electron chi connectivity index (χ1n) is 3.56. The third-order valence-corrected chi connectivity index (χ3v) is 2.93. The molecule has 14 heavy (non-hydrogen) atoms. The smallest absolute Gasteiger partial charge is 0.235 e. The molecule has 74 valence electrons. The summed E-state index contributed by atoms with van der Waals surface area (Å²) in [5.74, 6) is 0. The van der Waals surface area contributed by atoms with Crippen LogP contribution >= 0.6 is 45.2 Å². The van der Waals surface area contributed by atoms with Crippen molar-refractivity contribution in [1.82, 2.24) is 4.98 Å². The van der Waals surface area contributed by atoms with Crippen LogP contribution in [0.2, 0.25) is 0 Å². The SMILES string of the molecule is N#CCc1cc(I)nc(I)c1C(F)F. The lowest BCUT2D eigenvalue weighted by Gasteiger charge is -2.08. The standard InChI is InChI=1S/C8H4F2I2N2/c9-7(10)6-4(1-2-13)3-5(11)14-8(6)12/h3,7H,1H2. The fourth-order valence-corrected chi connectivity index (χ4v) is 2.92. The van der Waals surface area contributed by atoms with Crippen LogP contribution in [0.1, 0.15) is 17.6 Å². The predicted octanol–water partition coefficient (Wildman–Crippen LogP) is 3.29. The van der Waals surface area contributed by atoms with Gasteiger partial charge in [0, 0.05) is 0 Å². The Morgan fingerprint density at radius 2 is 2.14 bits per heavy atom. The minimum absolute atomic E-state index is 0.00576. The van der Waals surface area contributed by atoms with Gasteiger partial charge in [-0.15, -0.1) is 0 Å². The van der Waals surface area contributed by atoms with E-state index in [0.29, 0.717) is 9.26 Å². The third kappa shape index (κ3) is 2.73. The average molecular weight is 420 g/mol. The van der Waals surface area contributed by atoms with Crippen LogP contribution in [-0.4, -0.2) is 4.98 Å². The van der Waals surface area contributed by atoms with E-state index in [1.165, 1.54) is 6.07 Å². The maximum absolute atomic E-state index is 12.6. The highest BCUT2D eigenvalue weighted by atomic mass is 127. The zero-order chi connectivity index (χ0) is 10.7. The van der Waals surface area contributed by atoms with Crippen LogP contribution in [0.15, 0.2) is 6.07 Å². The summed E-state index contributed by atoms with van der Waals surface area (Å²) in [6, 6.07) is 3.39. The average Bonchev–Trinajstić information content (AvgIpc) is 2.01. The predicted molar refractivity (Wildman–Crippen MR) is 63.9 cm³/mol. The van der Waals surface area contributed by atoms with E-state index in [9.17, 15) is 8.78 Å². The topological polar surface area (TPSA) is 36.7 Å². The van der Waals surface area contributed by atoms with Crippen molar-refractivity contribution in [2.75, 3.05) is 0 Å². The molecule has 1 rings (SSSR count). The van der Waals surface area contributed by atoms with Gasteiger partial charge in [0.2, 0.25) is 0 Å². The zero-order valence-electron chi connectivity index (χ0n) is 6.77. The lowest BCUT2D eigenvalue weighted by atomic mass is 10.1. The molecule has 0 N–H and O–H groups in total. The normalized spacial score (nSPS) is 10.3. The van der Waals surface area contributed by atoms with E-state index in [2.05, 4.69) is 4.98 Å². The van der Waals surface area contributed by atoms with Gasteiger partial charge in [-0.3, -0.25) is 0 Å². The fraction of sp³-hybridized carbons (Fsp3) is 0.250. The maximum Gasteiger partial charge on any atom is 0.266 e. The van der Waals surface area contributed by atoms with E-state index in [1.54, 1.807) is 22.6 Å². The molecular formula is C8H4F2I2N2. The van der Waals surface area contributed by atoms with E-state index in [0.717, 1.165) is 0 Å². The number of alkyl halides is 2. The van der Waals surface area contributed by atoms with E-state index < -0.39 is 6.43 Å². The van der Waals surface area contributed by atoms with Crippen LogP contribution in [0, 0.1) is 18.7 Å². The Labute approximate surface area is 107 Å². The van der Waals surface area contributed by atoms with Crippen molar-refractivity contribution in [3.63, 3.8) is 0 Å². The van der Waals surface area contributed by atoms with Crippen molar-refractivity contribution < 1.29 is 8.78 Å². The molecule has 0 saturated heterocycles. The van der Waals surface area contributed by atoms with Crippen molar-refractivity contribution in [3.8, 4) is 6.07 Å². The Balaban J connectivity index is 3.30. The summed E-state index contributed by atoms with van der Waals surface area (Å²) < 4.78 is 26.1. The Morgan fingerprint density at radius 3 is 2.64 bits per heavy atom. The summed E-state index contributed by atoms with van der Waals surface area (Å²) in [6.45, 7) is 0. The summed E-state index contributed by atoms with van der Waals surface area (Å²) in [4.78, 5) is 3.92. The van der Waals surface area contributed by atoms with Crippen LogP contribution in [0.25, 0.3) is 0 Å². The van der Waals surface area contributed by atoms with Gasteiger partial charge in [-0.2, -0.15) is 5.26 Å². The Hall–Kier alpha value is -0.0400. The molecule has 0 bridgehead atoms. The molecule has 1 heterocycles. The third-order valence-electron chi connectivity index (χ3n) is 1.55. The fourth-order valence-electron chi connectivity index (χ4n) is 1.00. The molecule has 2 nitrogen and oxygen atoms in total. The molecule has 1 aromatic heterocycles. The van der Waals surface area contributed by atoms with Gasteiger partial charge < -0.3 is 0 Å². The number of rotatable bonds is 2. The quantitative estimate of drug-likeness (QED) is 0.544. The second-order valence-corrected chi connectivity index (χ2v) is 4.57. The summed E-state index contributed by atoms with van der Waals surface area (Å²) in [5.41, 5.74) is 0.249. The molecule has 0 saturated carbocycles. The monoisotopic (exact) mass is 420 g/mol. The molecule has 0 aliphatic carbocycles. The van der Waals surface area contributed by atoms with E-state index in [4.69, 9.17) is 5.26 Å². The Bertz CT molecular complexity index is 388. The highest BCUT2D eigenvalue weighted by Crippen LogP contribution is 2.28. The van der Waals surface area contributed by atoms with Crippen LogP contribution in [0.5, 0.6) is 0 Å². The van der Waals surface area contributed by atoms with Crippen LogP contribution < -0.4 is 0 Å². The first-order chi connectivity index (χ1) is 6.56. The first-order valence-corrected chi connectivity index (χ1v) is 5.72. The molecule has 0 radical (unpaired) electrons. The summed E-state index contributed by atoms with van der Waals surface area (Å²) in [6.07, 6.45) is -2.58. The van der Waals surface area contributed by atoms with Gasteiger partial charge in [-0.25, -0.2) is 13.8 Å². The molecule has 0 amide bonds. The molecule has 0 fully saturated rings. The number of nitriles is 1. The second-order valence-electron chi connectivity index (χ2n) is 2.44. The summed E-state index contributed by atoms with van der Waals surface area (Å²) >= 11 is 3.70. The molecule has 1 aromatic rings. The van der Waals surface area contributed by atoms with Crippen molar-refractivity contribution in [1.29, 1.82) is 5.26 Å². The van der Waals surface area contributed by atoms with Crippen molar-refractivity contribution in [2.24, 2.45) is 0 Å². The molecule has 6 heteroatoms. The molecule has 0 aliphatic rings. The Kier molecular flexibility index (Phi) is 4.43. The largest absolute Gasteiger partial charge is 0.266 e. The van der Waals surface area contributed by atoms with Gasteiger partial charge in [0.1, 0.15) is 7.40 Å². The summed E-state index contributed by atoms with van der Waals surface area (Å²) in [5, 5.41) is 8.49. The maximum atomic E-state index is 12.6. The van der Waals surface area contributed by atoms with Gasteiger partial charge in [0.15, 0.2) is 0 Å². The molecular weight excluding hydrogens is 416 g/mol. The second kappa shape index (κ2) is 5.16. The van der Waals surface area contributed by atoms with Crippen molar-refractivity contribution >= 4 is 45.2 Å². The lowest BCUT2D eigenvalue weighted by Crippen LogP contribution is -2.02. The summed E-state index contributed by atoms with van der Waals surface area (Å²) in [7, 11) is 0. The van der Waals surface area contributed by atoms with Crippen LogP contribution in [0.3, 0.4) is 0 Å². The highest BCUT2D eigenvalue weighted by Gasteiger charge is 2.18. The minimum atomic E-state index is -2.57. The van der Waals surface area contributed by atoms with Crippen LogP contribution in [-0.2, 0) is 6.42 Å². The first kappa shape index (κ1) is 12.0. The number of hydrogen-bond donors (Lipinski definition) is 0. The van der Waals surface area contributed by atoms with Crippen molar-refractivity contribution in [3.05, 3.63) is 24.6 Å². The van der Waals surface area contributed by atoms with Gasteiger partial charge in [0.25, 0.3) is 6.43 Å². The number of nitrogens with zero attached hydrogens (tertiary/aromatic N) is 2. The van der Waals surface area contributed by atoms with Crippen LogP contribution in [0.4, 0.5) is 8.78 Å². The van der Waals surface area contributed by atoms with E-state index >= 15 is 0 Å². The van der Waals surface area contributed by atoms with Gasteiger partial charge in [-0.05, 0) is 56.8 Å². The minimum Gasteiger partial charge on any atom is -0.235 e. The van der Waals surface area contributed by atoms with Gasteiger partial charge >= 0.3 is 0 Å². The zero-order valence-corrected chi connectivity index (χ0v) is 11.1. The number of aromatic nitrogens is 1.